The fraction of sp³-hybridized carbons (Fsp3) is 0.389. The molecule has 2 aromatic heterocycles. The topological polar surface area (TPSA) is 61.9 Å². The first kappa shape index (κ1) is 14.9. The van der Waals surface area contributed by atoms with Gasteiger partial charge in [-0.2, -0.15) is 0 Å². The predicted octanol–water partition coefficient (Wildman–Crippen LogP) is 2.87. The van der Waals surface area contributed by atoms with Crippen LogP contribution in [0.25, 0.3) is 10.9 Å². The molecule has 3 aromatic rings. The lowest BCUT2D eigenvalue weighted by atomic mass is 10.1. The van der Waals surface area contributed by atoms with Gasteiger partial charge in [0.05, 0.1) is 19.3 Å². The Hall–Kier alpha value is -2.63. The van der Waals surface area contributed by atoms with Crippen molar-refractivity contribution in [2.45, 2.75) is 32.2 Å². The molecule has 6 nitrogen and oxygen atoms in total. The highest BCUT2D eigenvalue weighted by Gasteiger charge is 2.24. The van der Waals surface area contributed by atoms with Gasteiger partial charge in [0.15, 0.2) is 5.69 Å². The maximum absolute atomic E-state index is 11.7. The predicted molar refractivity (Wildman–Crippen MR) is 90.0 cm³/mol. The summed E-state index contributed by atoms with van der Waals surface area (Å²) in [5.41, 5.74) is 4.03. The highest BCUT2D eigenvalue weighted by Crippen LogP contribution is 2.41. The summed E-state index contributed by atoms with van der Waals surface area (Å²) in [4.78, 5) is 11.7. The number of carbonyl (C=O) groups excluding carboxylic acids is 1. The molecule has 0 N–H and O–H groups in total. The second-order valence-corrected chi connectivity index (χ2v) is 6.31. The number of hydrogen-bond acceptors (Lipinski definition) is 4. The molecular weight excluding hydrogens is 304 g/mol. The molecule has 0 bridgehead atoms. The van der Waals surface area contributed by atoms with Crippen LogP contribution in [0.1, 0.15) is 47.4 Å². The third kappa shape index (κ3) is 2.68. The SMILES string of the molecule is CCOC(=O)c1cn(Cc2cc3ccc(C4CC4)cc3n2C)nn1. The zero-order valence-electron chi connectivity index (χ0n) is 13.9. The van der Waals surface area contributed by atoms with Crippen molar-refractivity contribution in [2.24, 2.45) is 7.05 Å². The lowest BCUT2D eigenvalue weighted by Gasteiger charge is -2.05. The van der Waals surface area contributed by atoms with Gasteiger partial charge in [0, 0.05) is 18.3 Å². The number of fused-ring (bicyclic) bond motifs is 1. The van der Waals surface area contributed by atoms with Gasteiger partial charge in [-0.3, -0.25) is 0 Å². The maximum atomic E-state index is 11.7. The van der Waals surface area contributed by atoms with Gasteiger partial charge < -0.3 is 9.30 Å². The molecule has 0 saturated heterocycles. The Bertz CT molecular complexity index is 905. The van der Waals surface area contributed by atoms with Crippen LogP contribution in [-0.2, 0) is 18.3 Å². The molecule has 0 atom stereocenters. The maximum Gasteiger partial charge on any atom is 0.360 e. The van der Waals surface area contributed by atoms with Crippen LogP contribution in [-0.4, -0.2) is 32.1 Å². The Labute approximate surface area is 140 Å². The van der Waals surface area contributed by atoms with Crippen LogP contribution < -0.4 is 0 Å². The van der Waals surface area contributed by atoms with E-state index in [9.17, 15) is 4.79 Å². The molecule has 1 aromatic carbocycles. The average molecular weight is 324 g/mol. The van der Waals surface area contributed by atoms with Gasteiger partial charge in [0.1, 0.15) is 0 Å². The van der Waals surface area contributed by atoms with Crippen LogP contribution in [0.15, 0.2) is 30.5 Å². The van der Waals surface area contributed by atoms with E-state index in [1.54, 1.807) is 17.8 Å². The van der Waals surface area contributed by atoms with Crippen LogP contribution >= 0.6 is 0 Å². The van der Waals surface area contributed by atoms with Crippen LogP contribution in [0.3, 0.4) is 0 Å². The molecule has 1 aliphatic rings. The molecule has 0 radical (unpaired) electrons. The number of esters is 1. The largest absolute Gasteiger partial charge is 0.461 e. The zero-order chi connectivity index (χ0) is 16.7. The Balaban J connectivity index is 1.60. The van der Waals surface area contributed by atoms with E-state index < -0.39 is 5.97 Å². The summed E-state index contributed by atoms with van der Waals surface area (Å²) in [5, 5.41) is 9.15. The lowest BCUT2D eigenvalue weighted by Crippen LogP contribution is -2.06. The first-order chi connectivity index (χ1) is 11.7. The summed E-state index contributed by atoms with van der Waals surface area (Å²) in [6.07, 6.45) is 4.24. The molecule has 0 aliphatic heterocycles. The molecule has 1 saturated carbocycles. The van der Waals surface area contributed by atoms with Crippen molar-refractivity contribution in [3.05, 3.63) is 47.4 Å². The molecular formula is C18H20N4O2. The minimum atomic E-state index is -0.435. The molecule has 2 heterocycles. The Morgan fingerprint density at radius 2 is 2.17 bits per heavy atom. The van der Waals surface area contributed by atoms with E-state index >= 15 is 0 Å². The van der Waals surface area contributed by atoms with E-state index in [2.05, 4.69) is 46.2 Å². The molecule has 1 fully saturated rings. The van der Waals surface area contributed by atoms with E-state index in [-0.39, 0.29) is 5.69 Å². The minimum absolute atomic E-state index is 0.242. The summed E-state index contributed by atoms with van der Waals surface area (Å²) in [5.74, 6) is 0.310. The molecule has 6 heteroatoms. The third-order valence-corrected chi connectivity index (χ3v) is 4.56. The first-order valence-electron chi connectivity index (χ1n) is 8.31. The number of ether oxygens (including phenoxy) is 1. The van der Waals surface area contributed by atoms with Crippen molar-refractivity contribution in [1.82, 2.24) is 19.6 Å². The smallest absolute Gasteiger partial charge is 0.360 e. The molecule has 24 heavy (non-hydrogen) atoms. The first-order valence-corrected chi connectivity index (χ1v) is 8.31. The fourth-order valence-corrected chi connectivity index (χ4v) is 3.07. The highest BCUT2D eigenvalue weighted by atomic mass is 16.5. The van der Waals surface area contributed by atoms with Gasteiger partial charge in [-0.15, -0.1) is 5.10 Å². The van der Waals surface area contributed by atoms with E-state index in [0.717, 1.165) is 11.6 Å². The van der Waals surface area contributed by atoms with Crippen LogP contribution in [0, 0.1) is 0 Å². The highest BCUT2D eigenvalue weighted by molar-refractivity contribution is 5.86. The Morgan fingerprint density at radius 3 is 2.92 bits per heavy atom. The minimum Gasteiger partial charge on any atom is -0.461 e. The number of benzene rings is 1. The number of nitrogens with zero attached hydrogens (tertiary/aromatic N) is 4. The van der Waals surface area contributed by atoms with Crippen molar-refractivity contribution >= 4 is 16.9 Å². The van der Waals surface area contributed by atoms with E-state index in [0.29, 0.717) is 13.2 Å². The van der Waals surface area contributed by atoms with Gasteiger partial charge in [-0.25, -0.2) is 9.48 Å². The van der Waals surface area contributed by atoms with Gasteiger partial charge in [-0.1, -0.05) is 17.3 Å². The molecule has 0 spiro atoms. The standard InChI is InChI=1S/C18H20N4O2/c1-3-24-18(23)16-11-22(20-19-16)10-15-8-14-7-6-13(12-4-5-12)9-17(14)21(15)2/h6-9,11-12H,3-5,10H2,1-2H3. The number of rotatable bonds is 5. The summed E-state index contributed by atoms with van der Waals surface area (Å²) in [7, 11) is 2.07. The van der Waals surface area contributed by atoms with Crippen molar-refractivity contribution in [1.29, 1.82) is 0 Å². The second kappa shape index (κ2) is 5.78. The van der Waals surface area contributed by atoms with Crippen LogP contribution in [0.4, 0.5) is 0 Å². The number of hydrogen-bond donors (Lipinski definition) is 0. The van der Waals surface area contributed by atoms with Crippen LogP contribution in [0.2, 0.25) is 0 Å². The molecule has 0 unspecified atom stereocenters. The lowest BCUT2D eigenvalue weighted by molar-refractivity contribution is 0.0519. The number of aromatic nitrogens is 4. The second-order valence-electron chi connectivity index (χ2n) is 6.31. The van der Waals surface area contributed by atoms with Gasteiger partial charge in [0.2, 0.25) is 0 Å². The van der Waals surface area contributed by atoms with E-state index in [1.807, 2.05) is 0 Å². The van der Waals surface area contributed by atoms with Crippen molar-refractivity contribution < 1.29 is 9.53 Å². The Kier molecular flexibility index (Phi) is 3.59. The number of carbonyl (C=O) groups is 1. The third-order valence-electron chi connectivity index (χ3n) is 4.56. The van der Waals surface area contributed by atoms with Gasteiger partial charge >= 0.3 is 5.97 Å². The quantitative estimate of drug-likeness (QED) is 0.677. The van der Waals surface area contributed by atoms with Crippen molar-refractivity contribution in [3.8, 4) is 0 Å². The van der Waals surface area contributed by atoms with E-state index in [4.69, 9.17) is 4.74 Å². The van der Waals surface area contributed by atoms with Gasteiger partial charge in [0.25, 0.3) is 0 Å². The Morgan fingerprint density at radius 1 is 1.33 bits per heavy atom. The molecule has 0 amide bonds. The summed E-state index contributed by atoms with van der Waals surface area (Å²) >= 11 is 0. The summed E-state index contributed by atoms with van der Waals surface area (Å²) in [6, 6.07) is 8.88. The van der Waals surface area contributed by atoms with Crippen molar-refractivity contribution in [3.63, 3.8) is 0 Å². The van der Waals surface area contributed by atoms with Crippen molar-refractivity contribution in [2.75, 3.05) is 6.61 Å². The van der Waals surface area contributed by atoms with Gasteiger partial charge in [-0.05, 0) is 48.8 Å². The van der Waals surface area contributed by atoms with E-state index in [1.165, 1.54) is 29.3 Å². The number of aryl methyl sites for hydroxylation is 1. The monoisotopic (exact) mass is 324 g/mol. The molecule has 4 rings (SSSR count). The van der Waals surface area contributed by atoms with Crippen LogP contribution in [0.5, 0.6) is 0 Å². The zero-order valence-corrected chi connectivity index (χ0v) is 13.9. The molecule has 124 valence electrons. The summed E-state index contributed by atoms with van der Waals surface area (Å²) < 4.78 is 8.80. The fourth-order valence-electron chi connectivity index (χ4n) is 3.07. The average Bonchev–Trinajstić information content (AvgIpc) is 3.25. The molecule has 1 aliphatic carbocycles. The normalized spacial score (nSPS) is 14.2. The summed E-state index contributed by atoms with van der Waals surface area (Å²) in [6.45, 7) is 2.67.